The maximum Gasteiger partial charge on any atom is 0.242 e. The van der Waals surface area contributed by atoms with Crippen molar-refractivity contribution in [3.63, 3.8) is 0 Å². The van der Waals surface area contributed by atoms with Crippen molar-refractivity contribution in [1.82, 2.24) is 5.73 Å². The summed E-state index contributed by atoms with van der Waals surface area (Å²) in [5.41, 5.74) is 7.43. The number of benzene rings is 1. The minimum absolute atomic E-state index is 0.0969. The van der Waals surface area contributed by atoms with Gasteiger partial charge in [-0.15, -0.1) is 0 Å². The zero-order valence-corrected chi connectivity index (χ0v) is 6.56. The van der Waals surface area contributed by atoms with Gasteiger partial charge in [-0.3, -0.25) is 10.5 Å². The van der Waals surface area contributed by atoms with Crippen LogP contribution in [0.3, 0.4) is 0 Å². The lowest BCUT2D eigenvalue weighted by Gasteiger charge is -1.98. The van der Waals surface area contributed by atoms with Crippen molar-refractivity contribution < 1.29 is 4.79 Å². The van der Waals surface area contributed by atoms with E-state index in [9.17, 15) is 4.79 Å². The SMILES string of the molecule is [NH]C(=O)Cc1ccccc1Cl. The van der Waals surface area contributed by atoms with Gasteiger partial charge in [-0.25, -0.2) is 0 Å². The molecule has 3 heteroatoms. The normalized spacial score (nSPS) is 9.55. The van der Waals surface area contributed by atoms with E-state index in [2.05, 4.69) is 0 Å². The Bertz CT molecular complexity index is 273. The summed E-state index contributed by atoms with van der Waals surface area (Å²) in [5.74, 6) is -0.613. The van der Waals surface area contributed by atoms with Gasteiger partial charge in [0, 0.05) is 5.02 Å². The van der Waals surface area contributed by atoms with Gasteiger partial charge in [0.1, 0.15) is 0 Å². The minimum atomic E-state index is -0.613. The lowest BCUT2D eigenvalue weighted by Crippen LogP contribution is -2.02. The number of carbonyl (C=O) groups is 1. The fraction of sp³-hybridized carbons (Fsp3) is 0.125. The summed E-state index contributed by atoms with van der Waals surface area (Å²) in [6.45, 7) is 0. The first kappa shape index (κ1) is 8.08. The van der Waals surface area contributed by atoms with Gasteiger partial charge >= 0.3 is 0 Å². The fourth-order valence-corrected chi connectivity index (χ4v) is 1.02. The van der Waals surface area contributed by atoms with Crippen LogP contribution in [-0.2, 0) is 11.2 Å². The van der Waals surface area contributed by atoms with Crippen molar-refractivity contribution in [2.75, 3.05) is 0 Å². The van der Waals surface area contributed by atoms with Crippen LogP contribution in [-0.4, -0.2) is 5.91 Å². The molecule has 1 aromatic carbocycles. The second kappa shape index (κ2) is 3.39. The highest BCUT2D eigenvalue weighted by Crippen LogP contribution is 2.14. The minimum Gasteiger partial charge on any atom is -0.273 e. The molecule has 0 aliphatic rings. The predicted molar refractivity (Wildman–Crippen MR) is 43.3 cm³/mol. The summed E-state index contributed by atoms with van der Waals surface area (Å²) in [6.07, 6.45) is 0.0969. The quantitative estimate of drug-likeness (QED) is 0.663. The fourth-order valence-electron chi connectivity index (χ4n) is 0.815. The maximum atomic E-state index is 10.4. The van der Waals surface area contributed by atoms with Gasteiger partial charge in [-0.1, -0.05) is 29.8 Å². The Kier molecular flexibility index (Phi) is 2.49. The molecule has 0 aliphatic heterocycles. The molecule has 0 spiro atoms. The van der Waals surface area contributed by atoms with E-state index in [-0.39, 0.29) is 6.42 Å². The van der Waals surface area contributed by atoms with Gasteiger partial charge in [0.05, 0.1) is 6.42 Å². The summed E-state index contributed by atoms with van der Waals surface area (Å²) in [5, 5.41) is 0.549. The van der Waals surface area contributed by atoms with Crippen molar-refractivity contribution >= 4 is 17.5 Å². The van der Waals surface area contributed by atoms with Gasteiger partial charge in [0.2, 0.25) is 5.91 Å². The summed E-state index contributed by atoms with van der Waals surface area (Å²) in [7, 11) is 0. The highest BCUT2D eigenvalue weighted by Gasteiger charge is 2.01. The molecule has 0 atom stereocenters. The molecule has 0 aromatic heterocycles. The number of hydrogen-bond acceptors (Lipinski definition) is 1. The van der Waals surface area contributed by atoms with E-state index in [1.807, 2.05) is 0 Å². The number of amides is 1. The molecule has 11 heavy (non-hydrogen) atoms. The topological polar surface area (TPSA) is 40.9 Å². The van der Waals surface area contributed by atoms with Gasteiger partial charge in [0.25, 0.3) is 0 Å². The van der Waals surface area contributed by atoms with Crippen LogP contribution in [0, 0.1) is 0 Å². The summed E-state index contributed by atoms with van der Waals surface area (Å²) in [4.78, 5) is 10.4. The lowest BCUT2D eigenvalue weighted by atomic mass is 10.1. The van der Waals surface area contributed by atoms with E-state index in [4.69, 9.17) is 17.3 Å². The Balaban J connectivity index is 2.86. The highest BCUT2D eigenvalue weighted by molar-refractivity contribution is 6.31. The summed E-state index contributed by atoms with van der Waals surface area (Å²) < 4.78 is 0. The van der Waals surface area contributed by atoms with Crippen molar-refractivity contribution in [2.24, 2.45) is 0 Å². The lowest BCUT2D eigenvalue weighted by molar-refractivity contribution is -0.118. The predicted octanol–water partition coefficient (Wildman–Crippen LogP) is 1.69. The third kappa shape index (κ3) is 2.24. The Hall–Kier alpha value is -1.02. The van der Waals surface area contributed by atoms with E-state index >= 15 is 0 Å². The molecule has 1 N–H and O–H groups in total. The first-order valence-corrected chi connectivity index (χ1v) is 3.56. The molecular formula is C8H7ClNO. The maximum absolute atomic E-state index is 10.4. The molecule has 0 saturated carbocycles. The molecule has 0 saturated heterocycles. The van der Waals surface area contributed by atoms with Crippen LogP contribution in [0.5, 0.6) is 0 Å². The van der Waals surface area contributed by atoms with Gasteiger partial charge in [-0.2, -0.15) is 0 Å². The first-order valence-electron chi connectivity index (χ1n) is 3.18. The average Bonchev–Trinajstić information content (AvgIpc) is 1.93. The molecular weight excluding hydrogens is 162 g/mol. The largest absolute Gasteiger partial charge is 0.273 e. The Labute approximate surface area is 70.0 Å². The smallest absolute Gasteiger partial charge is 0.242 e. The third-order valence-corrected chi connectivity index (χ3v) is 1.68. The van der Waals surface area contributed by atoms with Crippen molar-refractivity contribution in [1.29, 1.82) is 0 Å². The molecule has 1 amide bonds. The molecule has 0 heterocycles. The second-order valence-corrected chi connectivity index (χ2v) is 2.60. The van der Waals surface area contributed by atoms with E-state index in [1.165, 1.54) is 0 Å². The van der Waals surface area contributed by atoms with Crippen LogP contribution in [0.15, 0.2) is 24.3 Å². The monoisotopic (exact) mass is 168 g/mol. The van der Waals surface area contributed by atoms with Crippen LogP contribution in [0.4, 0.5) is 0 Å². The number of halogens is 1. The summed E-state index contributed by atoms with van der Waals surface area (Å²) in [6, 6.07) is 7.04. The van der Waals surface area contributed by atoms with Crippen molar-refractivity contribution in [3.05, 3.63) is 34.9 Å². The number of hydrogen-bond donors (Lipinski definition) is 0. The zero-order valence-electron chi connectivity index (χ0n) is 5.80. The molecule has 1 radical (unpaired) electrons. The molecule has 57 valence electrons. The Morgan fingerprint density at radius 1 is 1.45 bits per heavy atom. The average molecular weight is 169 g/mol. The van der Waals surface area contributed by atoms with E-state index in [1.54, 1.807) is 24.3 Å². The van der Waals surface area contributed by atoms with Gasteiger partial charge in [0.15, 0.2) is 0 Å². The molecule has 0 bridgehead atoms. The Morgan fingerprint density at radius 2 is 2.09 bits per heavy atom. The van der Waals surface area contributed by atoms with Gasteiger partial charge < -0.3 is 0 Å². The first-order chi connectivity index (χ1) is 5.20. The molecule has 0 fully saturated rings. The number of nitrogens with one attached hydrogen (secondary N) is 1. The van der Waals surface area contributed by atoms with Crippen molar-refractivity contribution in [2.45, 2.75) is 6.42 Å². The van der Waals surface area contributed by atoms with Crippen LogP contribution >= 0.6 is 11.6 Å². The molecule has 1 rings (SSSR count). The number of rotatable bonds is 2. The van der Waals surface area contributed by atoms with Crippen molar-refractivity contribution in [3.8, 4) is 0 Å². The standard InChI is InChI=1S/C8H7ClNO/c9-7-4-2-1-3-6(7)5-8(10)11/h1-4,10H,5H2. The second-order valence-electron chi connectivity index (χ2n) is 2.19. The van der Waals surface area contributed by atoms with Crippen LogP contribution in [0.25, 0.3) is 0 Å². The Morgan fingerprint density at radius 3 is 2.64 bits per heavy atom. The van der Waals surface area contributed by atoms with E-state index in [0.717, 1.165) is 0 Å². The molecule has 0 unspecified atom stereocenters. The molecule has 1 aromatic rings. The van der Waals surface area contributed by atoms with E-state index in [0.29, 0.717) is 10.6 Å². The molecule has 0 aliphatic carbocycles. The van der Waals surface area contributed by atoms with Crippen LogP contribution in [0.2, 0.25) is 5.02 Å². The highest BCUT2D eigenvalue weighted by atomic mass is 35.5. The summed E-state index contributed by atoms with van der Waals surface area (Å²) >= 11 is 5.73. The van der Waals surface area contributed by atoms with Crippen LogP contribution < -0.4 is 5.73 Å². The zero-order chi connectivity index (χ0) is 8.27. The molecule has 2 nitrogen and oxygen atoms in total. The van der Waals surface area contributed by atoms with E-state index < -0.39 is 5.91 Å². The third-order valence-electron chi connectivity index (χ3n) is 1.31. The number of carbonyl (C=O) groups excluding carboxylic acids is 1. The van der Waals surface area contributed by atoms with Gasteiger partial charge in [-0.05, 0) is 11.6 Å². The van der Waals surface area contributed by atoms with Crippen LogP contribution in [0.1, 0.15) is 5.56 Å².